The lowest BCUT2D eigenvalue weighted by Gasteiger charge is -2.32. The molecular weight excluding hydrogens is 388 g/mol. The molecule has 3 rings (SSSR count). The van der Waals surface area contributed by atoms with Crippen LogP contribution in [-0.4, -0.2) is 0 Å². The van der Waals surface area contributed by atoms with Gasteiger partial charge >= 0.3 is 0 Å². The van der Waals surface area contributed by atoms with Gasteiger partial charge in [0.1, 0.15) is 0 Å². The number of rotatable bonds is 6. The van der Waals surface area contributed by atoms with Crippen LogP contribution in [0.25, 0.3) is 0 Å². The third-order valence-electron chi connectivity index (χ3n) is 7.51. The normalized spacial score (nSPS) is 12.2. The SMILES string of the molecule is CCc1cc(C(C)(C)c2ccc(C(C)(C)c3ccc(C)c(N)c3CC)cc2)cc(C)c1N. The van der Waals surface area contributed by atoms with Crippen molar-refractivity contribution in [3.05, 3.63) is 93.0 Å². The van der Waals surface area contributed by atoms with Crippen molar-refractivity contribution in [2.75, 3.05) is 11.5 Å². The molecule has 0 spiro atoms. The minimum atomic E-state index is -0.122. The summed E-state index contributed by atoms with van der Waals surface area (Å²) in [5, 5.41) is 0. The minimum absolute atomic E-state index is 0.103. The molecule has 0 atom stereocenters. The summed E-state index contributed by atoms with van der Waals surface area (Å²) in [5.74, 6) is 0. The molecule has 0 radical (unpaired) electrons. The lowest BCUT2D eigenvalue weighted by atomic mass is 9.72. The number of nitrogens with two attached hydrogens (primary N) is 2. The highest BCUT2D eigenvalue weighted by Crippen LogP contribution is 2.39. The van der Waals surface area contributed by atoms with Gasteiger partial charge in [-0.05, 0) is 71.2 Å². The number of anilines is 2. The maximum atomic E-state index is 6.45. The zero-order valence-corrected chi connectivity index (χ0v) is 21.2. The first kappa shape index (κ1) is 23.9. The number of benzene rings is 3. The van der Waals surface area contributed by atoms with Crippen LogP contribution >= 0.6 is 0 Å². The molecule has 2 nitrogen and oxygen atoms in total. The lowest BCUT2D eigenvalue weighted by Crippen LogP contribution is -2.23. The van der Waals surface area contributed by atoms with Gasteiger partial charge in [0.05, 0.1) is 0 Å². The fraction of sp³-hybridized carbons (Fsp3) is 0.400. The van der Waals surface area contributed by atoms with Crippen molar-refractivity contribution in [1.82, 2.24) is 0 Å². The third-order valence-corrected chi connectivity index (χ3v) is 7.51. The largest absolute Gasteiger partial charge is 0.398 e. The molecular formula is C30H40N2. The molecule has 0 aliphatic rings. The van der Waals surface area contributed by atoms with Crippen LogP contribution in [0, 0.1) is 13.8 Å². The summed E-state index contributed by atoms with van der Waals surface area (Å²) >= 11 is 0. The second kappa shape index (κ2) is 8.65. The summed E-state index contributed by atoms with van der Waals surface area (Å²) in [6, 6.07) is 18.1. The monoisotopic (exact) mass is 428 g/mol. The third kappa shape index (κ3) is 4.03. The molecule has 3 aromatic carbocycles. The lowest BCUT2D eigenvalue weighted by molar-refractivity contribution is 0.621. The molecule has 0 saturated carbocycles. The molecule has 3 aromatic rings. The number of hydrogen-bond donors (Lipinski definition) is 2. The molecule has 0 unspecified atom stereocenters. The Balaban J connectivity index is 2.02. The van der Waals surface area contributed by atoms with Crippen LogP contribution in [0.4, 0.5) is 11.4 Å². The average molecular weight is 429 g/mol. The van der Waals surface area contributed by atoms with E-state index in [0.29, 0.717) is 0 Å². The van der Waals surface area contributed by atoms with E-state index in [2.05, 4.69) is 104 Å². The van der Waals surface area contributed by atoms with Crippen LogP contribution in [0.5, 0.6) is 0 Å². The van der Waals surface area contributed by atoms with Crippen molar-refractivity contribution in [3.63, 3.8) is 0 Å². The molecule has 0 aliphatic carbocycles. The van der Waals surface area contributed by atoms with Crippen molar-refractivity contribution < 1.29 is 0 Å². The van der Waals surface area contributed by atoms with Crippen molar-refractivity contribution in [2.45, 2.75) is 79.1 Å². The number of aryl methyl sites for hydroxylation is 3. The van der Waals surface area contributed by atoms with Gasteiger partial charge < -0.3 is 11.5 Å². The van der Waals surface area contributed by atoms with E-state index in [9.17, 15) is 0 Å². The fourth-order valence-electron chi connectivity index (χ4n) is 4.90. The van der Waals surface area contributed by atoms with Gasteiger partial charge in [0.25, 0.3) is 0 Å². The Morgan fingerprint density at radius 2 is 1.19 bits per heavy atom. The summed E-state index contributed by atoms with van der Waals surface area (Å²) in [7, 11) is 0. The second-order valence-corrected chi connectivity index (χ2v) is 10.2. The molecule has 0 bridgehead atoms. The Morgan fingerprint density at radius 3 is 1.72 bits per heavy atom. The van der Waals surface area contributed by atoms with Gasteiger partial charge in [0.15, 0.2) is 0 Å². The van der Waals surface area contributed by atoms with Crippen molar-refractivity contribution in [1.29, 1.82) is 0 Å². The fourth-order valence-corrected chi connectivity index (χ4v) is 4.90. The molecule has 0 amide bonds. The van der Waals surface area contributed by atoms with E-state index in [1.165, 1.54) is 33.4 Å². The van der Waals surface area contributed by atoms with Crippen molar-refractivity contribution >= 4 is 11.4 Å². The first-order chi connectivity index (χ1) is 14.9. The zero-order chi connectivity index (χ0) is 23.8. The van der Waals surface area contributed by atoms with E-state index < -0.39 is 0 Å². The quantitative estimate of drug-likeness (QED) is 0.406. The van der Waals surface area contributed by atoms with Crippen LogP contribution < -0.4 is 11.5 Å². The van der Waals surface area contributed by atoms with Crippen LogP contribution in [0.2, 0.25) is 0 Å². The smallest absolute Gasteiger partial charge is 0.0379 e. The summed E-state index contributed by atoms with van der Waals surface area (Å²) in [5.41, 5.74) is 24.4. The van der Waals surface area contributed by atoms with Gasteiger partial charge in [-0.2, -0.15) is 0 Å². The summed E-state index contributed by atoms with van der Waals surface area (Å²) < 4.78 is 0. The maximum Gasteiger partial charge on any atom is 0.0379 e. The highest BCUT2D eigenvalue weighted by Gasteiger charge is 2.29. The van der Waals surface area contributed by atoms with Crippen LogP contribution in [0.3, 0.4) is 0 Å². The Labute approximate surface area is 195 Å². The van der Waals surface area contributed by atoms with Gasteiger partial charge in [-0.3, -0.25) is 0 Å². The van der Waals surface area contributed by atoms with E-state index in [1.807, 2.05) is 0 Å². The average Bonchev–Trinajstić information content (AvgIpc) is 2.77. The van der Waals surface area contributed by atoms with Crippen LogP contribution in [0.1, 0.15) is 86.1 Å². The van der Waals surface area contributed by atoms with E-state index in [0.717, 1.165) is 35.3 Å². The molecule has 0 fully saturated rings. The molecule has 0 heterocycles. The molecule has 2 heteroatoms. The summed E-state index contributed by atoms with van der Waals surface area (Å²) in [4.78, 5) is 0. The molecule has 170 valence electrons. The van der Waals surface area contributed by atoms with E-state index >= 15 is 0 Å². The van der Waals surface area contributed by atoms with Gasteiger partial charge in [0, 0.05) is 22.2 Å². The predicted molar refractivity (Wildman–Crippen MR) is 141 cm³/mol. The van der Waals surface area contributed by atoms with Crippen molar-refractivity contribution in [3.8, 4) is 0 Å². The van der Waals surface area contributed by atoms with Gasteiger partial charge in [-0.1, -0.05) is 90.1 Å². The summed E-state index contributed by atoms with van der Waals surface area (Å²) in [6.45, 7) is 17.8. The topological polar surface area (TPSA) is 52.0 Å². The van der Waals surface area contributed by atoms with Gasteiger partial charge in [-0.25, -0.2) is 0 Å². The standard InChI is InChI=1S/C30H40N2/c1-9-21-18-24(17-20(4)27(21)31)29(5,6)22-12-14-23(15-13-22)30(7,8)26-16-11-19(3)28(32)25(26)10-2/h11-18H,9-10,31-32H2,1-8H3. The van der Waals surface area contributed by atoms with E-state index in [4.69, 9.17) is 11.5 Å². The molecule has 0 aliphatic heterocycles. The molecule has 0 saturated heterocycles. The van der Waals surface area contributed by atoms with Gasteiger partial charge in [0.2, 0.25) is 0 Å². The molecule has 0 aromatic heterocycles. The molecule has 32 heavy (non-hydrogen) atoms. The Morgan fingerprint density at radius 1 is 0.625 bits per heavy atom. The van der Waals surface area contributed by atoms with Crippen molar-refractivity contribution in [2.24, 2.45) is 0 Å². The first-order valence-electron chi connectivity index (χ1n) is 11.8. The number of hydrogen-bond acceptors (Lipinski definition) is 2. The molecule has 4 N–H and O–H groups in total. The minimum Gasteiger partial charge on any atom is -0.398 e. The Bertz CT molecular complexity index is 1120. The highest BCUT2D eigenvalue weighted by atomic mass is 14.6. The summed E-state index contributed by atoms with van der Waals surface area (Å²) in [6.07, 6.45) is 1.89. The van der Waals surface area contributed by atoms with E-state index in [1.54, 1.807) is 0 Å². The Hall–Kier alpha value is -2.74. The number of nitrogen functional groups attached to an aromatic ring is 2. The highest BCUT2D eigenvalue weighted by molar-refractivity contribution is 5.60. The van der Waals surface area contributed by atoms with Gasteiger partial charge in [-0.15, -0.1) is 0 Å². The zero-order valence-electron chi connectivity index (χ0n) is 21.2. The predicted octanol–water partition coefficient (Wildman–Crippen LogP) is 7.24. The Kier molecular flexibility index (Phi) is 6.47. The van der Waals surface area contributed by atoms with Crippen LogP contribution in [0.15, 0.2) is 48.5 Å². The maximum absolute atomic E-state index is 6.45. The first-order valence-corrected chi connectivity index (χ1v) is 11.8. The second-order valence-electron chi connectivity index (χ2n) is 10.2. The van der Waals surface area contributed by atoms with E-state index in [-0.39, 0.29) is 10.8 Å². The van der Waals surface area contributed by atoms with Crippen LogP contribution in [-0.2, 0) is 23.7 Å².